The molecular formula is C33H46N4O4. The molecule has 1 saturated carbocycles. The van der Waals surface area contributed by atoms with Gasteiger partial charge in [-0.2, -0.15) is 0 Å². The van der Waals surface area contributed by atoms with Gasteiger partial charge in [0, 0.05) is 32.1 Å². The highest BCUT2D eigenvalue weighted by atomic mass is 16.5. The van der Waals surface area contributed by atoms with Crippen molar-refractivity contribution in [1.82, 2.24) is 20.9 Å². The Morgan fingerprint density at radius 3 is 2.51 bits per heavy atom. The number of methoxy groups -OCH3 is 1. The number of ether oxygens (including phenoxy) is 2. The van der Waals surface area contributed by atoms with Gasteiger partial charge in [-0.05, 0) is 60.9 Å². The van der Waals surface area contributed by atoms with Crippen LogP contribution in [0.1, 0.15) is 61.6 Å². The first-order valence-corrected chi connectivity index (χ1v) is 15.3. The number of benzene rings is 2. The van der Waals surface area contributed by atoms with Gasteiger partial charge in [0.2, 0.25) is 11.8 Å². The maximum absolute atomic E-state index is 14.0. The summed E-state index contributed by atoms with van der Waals surface area (Å²) in [6.07, 6.45) is 7.84. The van der Waals surface area contributed by atoms with E-state index in [9.17, 15) is 9.59 Å². The van der Waals surface area contributed by atoms with Gasteiger partial charge >= 0.3 is 0 Å². The number of aryl methyl sites for hydroxylation is 1. The van der Waals surface area contributed by atoms with Crippen LogP contribution in [0.2, 0.25) is 0 Å². The van der Waals surface area contributed by atoms with Crippen LogP contribution in [0.5, 0.6) is 5.75 Å². The van der Waals surface area contributed by atoms with Gasteiger partial charge in [-0.1, -0.05) is 55.7 Å². The minimum Gasteiger partial charge on any atom is -0.497 e. The molecule has 2 atom stereocenters. The Kier molecular flexibility index (Phi) is 9.96. The van der Waals surface area contributed by atoms with Crippen molar-refractivity contribution >= 4 is 11.8 Å². The summed E-state index contributed by atoms with van der Waals surface area (Å²) >= 11 is 0. The lowest BCUT2D eigenvalue weighted by Gasteiger charge is -2.51. The zero-order valence-electron chi connectivity index (χ0n) is 24.6. The SMILES string of the molecule is COc1ccc(C[C@@H](NC(=O)CCC2CNCN2)C(=O)N2CC(OCC3CCCCC3)(c3ccccc3C)C2)cc1. The molecule has 5 rings (SSSR count). The normalized spacial score (nSPS) is 21.2. The zero-order chi connectivity index (χ0) is 28.7. The highest BCUT2D eigenvalue weighted by Crippen LogP contribution is 2.39. The molecule has 2 aliphatic heterocycles. The number of nitrogens with zero attached hydrogens (tertiary/aromatic N) is 1. The smallest absolute Gasteiger partial charge is 0.245 e. The highest BCUT2D eigenvalue weighted by Gasteiger charge is 2.50. The van der Waals surface area contributed by atoms with E-state index in [0.717, 1.165) is 43.1 Å². The Hall–Kier alpha value is -2.94. The van der Waals surface area contributed by atoms with Crippen molar-refractivity contribution in [3.05, 3.63) is 65.2 Å². The Bertz CT molecular complexity index is 1150. The second kappa shape index (κ2) is 13.8. The molecule has 2 heterocycles. The number of carbonyl (C=O) groups is 2. The van der Waals surface area contributed by atoms with Crippen molar-refractivity contribution < 1.29 is 19.1 Å². The Morgan fingerprint density at radius 1 is 1.07 bits per heavy atom. The largest absolute Gasteiger partial charge is 0.497 e. The zero-order valence-corrected chi connectivity index (χ0v) is 24.6. The van der Waals surface area contributed by atoms with Crippen molar-refractivity contribution in [2.45, 2.75) is 76.0 Å². The number of likely N-dealkylation sites (tertiary alicyclic amines) is 1. The van der Waals surface area contributed by atoms with Crippen LogP contribution < -0.4 is 20.7 Å². The van der Waals surface area contributed by atoms with Crippen molar-refractivity contribution in [2.24, 2.45) is 5.92 Å². The molecule has 2 amide bonds. The third kappa shape index (κ3) is 7.48. The third-order valence-electron chi connectivity index (χ3n) is 9.02. The molecule has 0 bridgehead atoms. The first-order chi connectivity index (χ1) is 20.0. The van der Waals surface area contributed by atoms with Gasteiger partial charge in [-0.25, -0.2) is 0 Å². The molecule has 8 heteroatoms. The van der Waals surface area contributed by atoms with Crippen LogP contribution in [0.25, 0.3) is 0 Å². The van der Waals surface area contributed by atoms with Crippen molar-refractivity contribution in [3.63, 3.8) is 0 Å². The molecule has 3 fully saturated rings. The molecule has 3 aliphatic rings. The fraction of sp³-hybridized carbons (Fsp3) is 0.576. The summed E-state index contributed by atoms with van der Waals surface area (Å²) in [6, 6.07) is 15.7. The highest BCUT2D eigenvalue weighted by molar-refractivity contribution is 5.88. The van der Waals surface area contributed by atoms with Crippen LogP contribution in [0.15, 0.2) is 48.5 Å². The van der Waals surface area contributed by atoms with Crippen LogP contribution in [-0.2, 0) is 26.3 Å². The molecule has 0 radical (unpaired) electrons. The number of carbonyl (C=O) groups excluding carboxylic acids is 2. The average Bonchev–Trinajstić information content (AvgIpc) is 3.50. The lowest BCUT2D eigenvalue weighted by atomic mass is 9.82. The molecule has 2 saturated heterocycles. The summed E-state index contributed by atoms with van der Waals surface area (Å²) in [6.45, 7) is 5.47. The van der Waals surface area contributed by atoms with Crippen LogP contribution in [0.4, 0.5) is 0 Å². The van der Waals surface area contributed by atoms with Crippen molar-refractivity contribution in [2.75, 3.05) is 40.0 Å². The maximum Gasteiger partial charge on any atom is 0.245 e. The van der Waals surface area contributed by atoms with Crippen molar-refractivity contribution in [3.8, 4) is 5.75 Å². The van der Waals surface area contributed by atoms with Gasteiger partial charge in [0.15, 0.2) is 0 Å². The monoisotopic (exact) mass is 562 g/mol. The van der Waals surface area contributed by atoms with Gasteiger partial charge in [-0.15, -0.1) is 0 Å². The van der Waals surface area contributed by atoms with Gasteiger partial charge in [-0.3, -0.25) is 9.59 Å². The lowest BCUT2D eigenvalue weighted by Crippen LogP contribution is -2.66. The molecule has 1 unspecified atom stereocenters. The molecule has 0 spiro atoms. The summed E-state index contributed by atoms with van der Waals surface area (Å²) < 4.78 is 12.0. The summed E-state index contributed by atoms with van der Waals surface area (Å²) in [7, 11) is 1.64. The van der Waals surface area contributed by atoms with Crippen LogP contribution in [0, 0.1) is 12.8 Å². The molecule has 2 aromatic carbocycles. The average molecular weight is 563 g/mol. The first-order valence-electron chi connectivity index (χ1n) is 15.3. The molecule has 3 N–H and O–H groups in total. The fourth-order valence-corrected chi connectivity index (χ4v) is 6.51. The molecule has 41 heavy (non-hydrogen) atoms. The minimum absolute atomic E-state index is 0.0553. The van der Waals surface area contributed by atoms with E-state index in [1.54, 1.807) is 7.11 Å². The van der Waals surface area contributed by atoms with Crippen LogP contribution in [-0.4, -0.2) is 68.8 Å². The second-order valence-corrected chi connectivity index (χ2v) is 12.1. The Morgan fingerprint density at radius 2 is 1.83 bits per heavy atom. The summed E-state index contributed by atoms with van der Waals surface area (Å²) in [5.74, 6) is 1.20. The van der Waals surface area contributed by atoms with E-state index in [4.69, 9.17) is 9.47 Å². The van der Waals surface area contributed by atoms with E-state index in [2.05, 4.69) is 41.1 Å². The predicted octanol–water partition coefficient (Wildman–Crippen LogP) is 3.66. The van der Waals surface area contributed by atoms with E-state index >= 15 is 0 Å². The molecule has 222 valence electrons. The Labute approximate surface area is 244 Å². The minimum atomic E-state index is -0.640. The second-order valence-electron chi connectivity index (χ2n) is 12.1. The summed E-state index contributed by atoms with van der Waals surface area (Å²) in [5.41, 5.74) is 2.81. The van der Waals surface area contributed by atoms with Crippen LogP contribution >= 0.6 is 0 Å². The number of amides is 2. The van der Waals surface area contributed by atoms with E-state index in [1.165, 1.54) is 37.7 Å². The number of rotatable bonds is 12. The molecule has 1 aliphatic carbocycles. The first kappa shape index (κ1) is 29.5. The van der Waals surface area contributed by atoms with E-state index < -0.39 is 11.6 Å². The standard InChI is InChI=1S/C33H46N4O4/c1-24-8-6-7-11-29(24)33(41-20-26-9-4-3-5-10-26)21-37(22-33)32(39)30(18-25-12-15-28(40-2)16-13-25)36-31(38)17-14-27-19-34-23-35-27/h6-8,11-13,15-16,26-27,30,34-35H,3-5,9-10,14,17-23H2,1-2H3,(H,36,38)/t27?,30-/m1/s1. The Balaban J connectivity index is 1.28. The molecular weight excluding hydrogens is 516 g/mol. The number of hydrogen-bond donors (Lipinski definition) is 3. The van der Waals surface area contributed by atoms with Gasteiger partial charge in [0.25, 0.3) is 0 Å². The van der Waals surface area contributed by atoms with E-state index in [0.29, 0.717) is 31.8 Å². The summed E-state index contributed by atoms with van der Waals surface area (Å²) in [5, 5.41) is 9.68. The summed E-state index contributed by atoms with van der Waals surface area (Å²) in [4.78, 5) is 28.9. The molecule has 0 aromatic heterocycles. The molecule has 2 aromatic rings. The van der Waals surface area contributed by atoms with Crippen molar-refractivity contribution in [1.29, 1.82) is 0 Å². The third-order valence-corrected chi connectivity index (χ3v) is 9.02. The maximum atomic E-state index is 14.0. The predicted molar refractivity (Wildman–Crippen MR) is 160 cm³/mol. The van der Waals surface area contributed by atoms with E-state index in [1.807, 2.05) is 35.2 Å². The van der Waals surface area contributed by atoms with Gasteiger partial charge in [0.1, 0.15) is 17.4 Å². The number of nitrogens with one attached hydrogen (secondary N) is 3. The fourth-order valence-electron chi connectivity index (χ4n) is 6.51. The van der Waals surface area contributed by atoms with E-state index in [-0.39, 0.29) is 17.9 Å². The lowest BCUT2D eigenvalue weighted by molar-refractivity contribution is -0.179. The van der Waals surface area contributed by atoms with Crippen LogP contribution in [0.3, 0.4) is 0 Å². The topological polar surface area (TPSA) is 91.9 Å². The van der Waals surface area contributed by atoms with Gasteiger partial charge < -0.3 is 30.3 Å². The number of hydrogen-bond acceptors (Lipinski definition) is 6. The van der Waals surface area contributed by atoms with Gasteiger partial charge in [0.05, 0.1) is 26.8 Å². The quantitative estimate of drug-likeness (QED) is 0.366. The molecule has 8 nitrogen and oxygen atoms in total.